The molecule has 0 radical (unpaired) electrons. The first kappa shape index (κ1) is 13.0. The summed E-state index contributed by atoms with van der Waals surface area (Å²) in [5.41, 5.74) is -1.19. The molecule has 0 aliphatic heterocycles. The number of methoxy groups -OCH3 is 1. The molecular weight excluding hydrogens is 210 g/mol. The molecule has 0 aromatic heterocycles. The first-order valence-corrected chi connectivity index (χ1v) is 5.46. The van der Waals surface area contributed by atoms with Gasteiger partial charge in [0.2, 0.25) is 6.41 Å². The number of nitrogens with zero attached hydrogens (tertiary/aromatic N) is 1. The highest BCUT2D eigenvalue weighted by molar-refractivity contribution is 5.83. The number of hydrogen-bond donors (Lipinski definition) is 1. The molecule has 1 N–H and O–H groups in total. The number of ether oxygens (including phenoxy) is 1. The van der Waals surface area contributed by atoms with Gasteiger partial charge in [0, 0.05) is 13.2 Å². The molecule has 1 unspecified atom stereocenters. The maximum Gasteiger partial charge on any atom is 0.332 e. The van der Waals surface area contributed by atoms with Crippen molar-refractivity contribution >= 4 is 12.4 Å². The molecule has 1 amide bonds. The molecule has 1 fully saturated rings. The second-order valence-electron chi connectivity index (χ2n) is 4.54. The third kappa shape index (κ3) is 2.04. The van der Waals surface area contributed by atoms with Crippen LogP contribution >= 0.6 is 0 Å². The van der Waals surface area contributed by atoms with Crippen LogP contribution in [0.1, 0.15) is 26.7 Å². The van der Waals surface area contributed by atoms with Gasteiger partial charge in [-0.2, -0.15) is 0 Å². The minimum Gasteiger partial charge on any atom is -0.479 e. The number of rotatable bonds is 7. The zero-order chi connectivity index (χ0) is 12.3. The van der Waals surface area contributed by atoms with Crippen molar-refractivity contribution in [2.24, 2.45) is 5.92 Å². The van der Waals surface area contributed by atoms with E-state index in [4.69, 9.17) is 4.74 Å². The van der Waals surface area contributed by atoms with Crippen LogP contribution in [0, 0.1) is 5.92 Å². The van der Waals surface area contributed by atoms with Crippen LogP contribution in [-0.2, 0) is 14.3 Å². The van der Waals surface area contributed by atoms with Gasteiger partial charge in [-0.15, -0.1) is 0 Å². The Labute approximate surface area is 95.4 Å². The highest BCUT2D eigenvalue weighted by Gasteiger charge is 2.56. The topological polar surface area (TPSA) is 66.8 Å². The minimum absolute atomic E-state index is 0.0116. The predicted molar refractivity (Wildman–Crippen MR) is 58.0 cm³/mol. The molecule has 92 valence electrons. The Morgan fingerprint density at radius 3 is 2.44 bits per heavy atom. The van der Waals surface area contributed by atoms with Gasteiger partial charge in [-0.3, -0.25) is 4.79 Å². The summed E-state index contributed by atoms with van der Waals surface area (Å²) in [7, 11) is 1.46. The highest BCUT2D eigenvalue weighted by Crippen LogP contribution is 2.44. The SMILES string of the molecule is COCC(C(=O)O)(C1CC1)N(C=O)C(C)C. The molecule has 16 heavy (non-hydrogen) atoms. The van der Waals surface area contributed by atoms with Gasteiger partial charge in [0.1, 0.15) is 0 Å². The molecule has 0 heterocycles. The molecular formula is C11H19NO4. The van der Waals surface area contributed by atoms with Crippen LogP contribution in [0.2, 0.25) is 0 Å². The maximum atomic E-state index is 11.5. The third-order valence-electron chi connectivity index (χ3n) is 3.12. The van der Waals surface area contributed by atoms with E-state index >= 15 is 0 Å². The number of amides is 1. The quantitative estimate of drug-likeness (QED) is 0.654. The molecule has 0 spiro atoms. The van der Waals surface area contributed by atoms with E-state index < -0.39 is 11.5 Å². The molecule has 1 aliphatic carbocycles. The number of aliphatic carboxylic acids is 1. The van der Waals surface area contributed by atoms with Crippen molar-refractivity contribution in [1.29, 1.82) is 0 Å². The van der Waals surface area contributed by atoms with Crippen molar-refractivity contribution < 1.29 is 19.4 Å². The van der Waals surface area contributed by atoms with Crippen LogP contribution in [0.25, 0.3) is 0 Å². The zero-order valence-corrected chi connectivity index (χ0v) is 9.97. The monoisotopic (exact) mass is 229 g/mol. The average Bonchev–Trinajstić information content (AvgIpc) is 2.99. The van der Waals surface area contributed by atoms with Gasteiger partial charge in [0.05, 0.1) is 6.61 Å². The molecule has 0 aromatic rings. The van der Waals surface area contributed by atoms with E-state index in [9.17, 15) is 14.7 Å². The van der Waals surface area contributed by atoms with Gasteiger partial charge < -0.3 is 14.7 Å². The van der Waals surface area contributed by atoms with E-state index in [1.807, 2.05) is 13.8 Å². The van der Waals surface area contributed by atoms with Gasteiger partial charge >= 0.3 is 5.97 Å². The molecule has 1 atom stereocenters. The van der Waals surface area contributed by atoms with Crippen LogP contribution in [-0.4, -0.2) is 47.7 Å². The highest BCUT2D eigenvalue weighted by atomic mass is 16.5. The van der Waals surface area contributed by atoms with Gasteiger partial charge in [-0.25, -0.2) is 4.79 Å². The second kappa shape index (κ2) is 4.82. The summed E-state index contributed by atoms with van der Waals surface area (Å²) in [4.78, 5) is 24.0. The Balaban J connectivity index is 3.07. The van der Waals surface area contributed by atoms with Gasteiger partial charge in [0.15, 0.2) is 5.54 Å². The lowest BCUT2D eigenvalue weighted by molar-refractivity contribution is -0.163. The van der Waals surface area contributed by atoms with Crippen molar-refractivity contribution in [1.82, 2.24) is 4.90 Å². The molecule has 1 saturated carbocycles. The summed E-state index contributed by atoms with van der Waals surface area (Å²) in [5, 5.41) is 9.44. The summed E-state index contributed by atoms with van der Waals surface area (Å²) in [6.45, 7) is 3.66. The van der Waals surface area contributed by atoms with Gasteiger partial charge in [0.25, 0.3) is 0 Å². The Bertz CT molecular complexity index is 275. The summed E-state index contributed by atoms with van der Waals surface area (Å²) in [5.74, 6) is -0.963. The lowest BCUT2D eigenvalue weighted by atomic mass is 9.91. The normalized spacial score (nSPS) is 19.2. The van der Waals surface area contributed by atoms with Gasteiger partial charge in [-0.05, 0) is 32.6 Å². The minimum atomic E-state index is -1.19. The van der Waals surface area contributed by atoms with Crippen molar-refractivity contribution in [2.75, 3.05) is 13.7 Å². The van der Waals surface area contributed by atoms with E-state index in [1.54, 1.807) is 0 Å². The standard InChI is InChI=1S/C11H19NO4/c1-8(2)12(7-13)11(6-16-3,10(14)15)9-4-5-9/h7-9H,4-6H2,1-3H3,(H,14,15). The fourth-order valence-electron chi connectivity index (χ4n) is 2.21. The zero-order valence-electron chi connectivity index (χ0n) is 9.97. The van der Waals surface area contributed by atoms with E-state index in [1.165, 1.54) is 12.0 Å². The largest absolute Gasteiger partial charge is 0.479 e. The Kier molecular flexibility index (Phi) is 3.91. The third-order valence-corrected chi connectivity index (χ3v) is 3.12. The molecule has 0 aromatic carbocycles. The second-order valence-corrected chi connectivity index (χ2v) is 4.54. The van der Waals surface area contributed by atoms with E-state index in [0.29, 0.717) is 6.41 Å². The number of carbonyl (C=O) groups is 2. The lowest BCUT2D eigenvalue weighted by Gasteiger charge is -2.40. The van der Waals surface area contributed by atoms with Crippen LogP contribution in [0.5, 0.6) is 0 Å². The smallest absolute Gasteiger partial charge is 0.332 e. The van der Waals surface area contributed by atoms with Crippen molar-refractivity contribution in [3.63, 3.8) is 0 Å². The molecule has 5 heteroatoms. The number of hydrogen-bond acceptors (Lipinski definition) is 3. The summed E-state index contributed by atoms with van der Waals surface area (Å²) < 4.78 is 5.02. The molecule has 5 nitrogen and oxygen atoms in total. The summed E-state index contributed by atoms with van der Waals surface area (Å²) >= 11 is 0. The predicted octanol–water partition coefficient (Wildman–Crippen LogP) is 0.733. The fourth-order valence-corrected chi connectivity index (χ4v) is 2.21. The van der Waals surface area contributed by atoms with Crippen molar-refractivity contribution in [2.45, 2.75) is 38.3 Å². The van der Waals surface area contributed by atoms with Crippen LogP contribution in [0.15, 0.2) is 0 Å². The Morgan fingerprint density at radius 1 is 1.62 bits per heavy atom. The number of carboxylic acids is 1. The summed E-state index contributed by atoms with van der Waals surface area (Å²) in [6.07, 6.45) is 2.30. The Morgan fingerprint density at radius 2 is 2.19 bits per heavy atom. The summed E-state index contributed by atoms with van der Waals surface area (Å²) in [6, 6.07) is -0.149. The van der Waals surface area contributed by atoms with Gasteiger partial charge in [-0.1, -0.05) is 0 Å². The lowest BCUT2D eigenvalue weighted by Crippen LogP contribution is -2.61. The number of carboxylic acid groups (broad SMARTS) is 1. The average molecular weight is 229 g/mol. The van der Waals surface area contributed by atoms with Crippen molar-refractivity contribution in [3.05, 3.63) is 0 Å². The van der Waals surface area contributed by atoms with E-state index in [-0.39, 0.29) is 18.6 Å². The maximum absolute atomic E-state index is 11.5. The molecule has 0 bridgehead atoms. The van der Waals surface area contributed by atoms with Crippen LogP contribution in [0.3, 0.4) is 0 Å². The van der Waals surface area contributed by atoms with E-state index in [0.717, 1.165) is 12.8 Å². The van der Waals surface area contributed by atoms with Crippen LogP contribution < -0.4 is 0 Å². The first-order valence-electron chi connectivity index (χ1n) is 5.46. The molecule has 1 aliphatic rings. The fraction of sp³-hybridized carbons (Fsp3) is 0.818. The van der Waals surface area contributed by atoms with E-state index in [2.05, 4.69) is 0 Å². The number of carbonyl (C=O) groups excluding carboxylic acids is 1. The van der Waals surface area contributed by atoms with Crippen molar-refractivity contribution in [3.8, 4) is 0 Å². The molecule has 0 saturated heterocycles. The molecule has 1 rings (SSSR count). The van der Waals surface area contributed by atoms with Crippen LogP contribution in [0.4, 0.5) is 0 Å². The Hall–Kier alpha value is -1.10. The first-order chi connectivity index (χ1) is 7.50.